The first-order valence-corrected chi connectivity index (χ1v) is 4.52. The molecule has 0 aliphatic rings. The third kappa shape index (κ3) is 7.54. The van der Waals surface area contributed by atoms with Gasteiger partial charge in [-0.15, -0.1) is 0 Å². The van der Waals surface area contributed by atoms with Crippen LogP contribution in [0.1, 0.15) is 27.2 Å². The van der Waals surface area contributed by atoms with Gasteiger partial charge in [-0.3, -0.25) is 4.79 Å². The van der Waals surface area contributed by atoms with Crippen molar-refractivity contribution in [2.45, 2.75) is 27.2 Å². The van der Waals surface area contributed by atoms with Crippen molar-refractivity contribution in [2.24, 2.45) is 11.7 Å². The average molecular weight is 174 g/mol. The Hall–Kier alpha value is -0.570. The Morgan fingerprint density at radius 1 is 1.42 bits per heavy atom. The molecule has 0 heterocycles. The zero-order chi connectivity index (χ0) is 10.1. The lowest BCUT2D eigenvalue weighted by Crippen LogP contribution is -2.31. The fraction of sp³-hybridized carbons (Fsp3) is 0.889. The maximum absolute atomic E-state index is 10.7. The molecule has 0 aliphatic carbocycles. The third-order valence-electron chi connectivity index (χ3n) is 1.48. The molecule has 1 unspecified atom stereocenters. The van der Waals surface area contributed by atoms with Crippen LogP contribution in [0.4, 0.5) is 0 Å². The summed E-state index contributed by atoms with van der Waals surface area (Å²) in [5.41, 5.74) is 5.13. The van der Waals surface area contributed by atoms with E-state index in [1.807, 2.05) is 39.8 Å². The van der Waals surface area contributed by atoms with Crippen LogP contribution in [0, 0.1) is 5.92 Å². The van der Waals surface area contributed by atoms with E-state index in [1.54, 1.807) is 0 Å². The van der Waals surface area contributed by atoms with Gasteiger partial charge in [-0.25, -0.2) is 0 Å². The molecule has 0 bridgehead atoms. The van der Waals surface area contributed by atoms with Gasteiger partial charge in [0.15, 0.2) is 0 Å². The van der Waals surface area contributed by atoms with Crippen LogP contribution in [0.15, 0.2) is 0 Å². The van der Waals surface area contributed by atoms with E-state index < -0.39 is 0 Å². The molecule has 0 saturated carbocycles. The summed E-state index contributed by atoms with van der Waals surface area (Å²) in [5, 5.41) is 0. The Morgan fingerprint density at radius 3 is 1.92 bits per heavy atom. The van der Waals surface area contributed by atoms with E-state index in [-0.39, 0.29) is 11.8 Å². The van der Waals surface area contributed by atoms with Gasteiger partial charge < -0.3 is 10.6 Å². The molecule has 12 heavy (non-hydrogen) atoms. The van der Waals surface area contributed by atoms with Gasteiger partial charge in [-0.05, 0) is 20.5 Å². The Bertz CT molecular complexity index is 113. The number of carbonyl (C=O) groups excluding carboxylic acids is 1. The lowest BCUT2D eigenvalue weighted by molar-refractivity contribution is -0.122. The van der Waals surface area contributed by atoms with E-state index in [1.165, 1.54) is 0 Å². The van der Waals surface area contributed by atoms with Gasteiger partial charge in [0.05, 0.1) is 5.92 Å². The van der Waals surface area contributed by atoms with Crippen LogP contribution >= 0.6 is 0 Å². The maximum Gasteiger partial charge on any atom is 0.221 e. The standard InChI is InChI=1S/C7H16N2O.C2H6/c1-4-6(7(8)10)5-9(2)3;1-2/h6H,4-5H2,1-3H3,(H2,8,10);1-2H3. The van der Waals surface area contributed by atoms with Crippen molar-refractivity contribution >= 4 is 5.91 Å². The number of nitrogens with two attached hydrogens (primary N) is 1. The molecule has 3 heteroatoms. The predicted octanol–water partition coefficient (Wildman–Crippen LogP) is 1.09. The van der Waals surface area contributed by atoms with Crippen molar-refractivity contribution in [3.8, 4) is 0 Å². The summed E-state index contributed by atoms with van der Waals surface area (Å²) < 4.78 is 0. The quantitative estimate of drug-likeness (QED) is 0.693. The van der Waals surface area contributed by atoms with E-state index >= 15 is 0 Å². The van der Waals surface area contributed by atoms with Gasteiger partial charge >= 0.3 is 0 Å². The normalized spacial score (nSPS) is 11.8. The first kappa shape index (κ1) is 14.0. The van der Waals surface area contributed by atoms with Crippen LogP contribution in [0.5, 0.6) is 0 Å². The topological polar surface area (TPSA) is 46.3 Å². The molecule has 3 nitrogen and oxygen atoms in total. The van der Waals surface area contributed by atoms with Crippen molar-refractivity contribution in [3.05, 3.63) is 0 Å². The average Bonchev–Trinajstić information content (AvgIpc) is 2.03. The maximum atomic E-state index is 10.7. The van der Waals surface area contributed by atoms with Crippen LogP contribution in [-0.4, -0.2) is 31.4 Å². The predicted molar refractivity (Wildman–Crippen MR) is 52.9 cm³/mol. The lowest BCUT2D eigenvalue weighted by Gasteiger charge is -2.15. The molecule has 1 atom stereocenters. The van der Waals surface area contributed by atoms with Crippen molar-refractivity contribution in [1.29, 1.82) is 0 Å². The number of amides is 1. The SMILES string of the molecule is CC.CCC(CN(C)C)C(N)=O. The molecular weight excluding hydrogens is 152 g/mol. The fourth-order valence-electron chi connectivity index (χ4n) is 0.861. The molecule has 0 aromatic carbocycles. The van der Waals surface area contributed by atoms with E-state index in [9.17, 15) is 4.79 Å². The Balaban J connectivity index is 0. The Morgan fingerprint density at radius 2 is 1.83 bits per heavy atom. The van der Waals surface area contributed by atoms with Gasteiger partial charge in [-0.2, -0.15) is 0 Å². The van der Waals surface area contributed by atoms with Gasteiger partial charge in [0.1, 0.15) is 0 Å². The summed E-state index contributed by atoms with van der Waals surface area (Å²) in [6.45, 7) is 6.73. The number of hydrogen-bond donors (Lipinski definition) is 1. The summed E-state index contributed by atoms with van der Waals surface area (Å²) in [4.78, 5) is 12.6. The minimum Gasteiger partial charge on any atom is -0.369 e. The molecule has 0 saturated heterocycles. The molecule has 0 spiro atoms. The minimum atomic E-state index is -0.198. The molecule has 2 N–H and O–H groups in total. The van der Waals surface area contributed by atoms with Crippen molar-refractivity contribution in [2.75, 3.05) is 20.6 Å². The first-order valence-electron chi connectivity index (χ1n) is 4.52. The second-order valence-corrected chi connectivity index (χ2v) is 2.77. The van der Waals surface area contributed by atoms with Crippen LogP contribution in [0.3, 0.4) is 0 Å². The molecule has 0 aromatic heterocycles. The van der Waals surface area contributed by atoms with Gasteiger partial charge in [0.25, 0.3) is 0 Å². The highest BCUT2D eigenvalue weighted by molar-refractivity contribution is 5.76. The van der Waals surface area contributed by atoms with Crippen molar-refractivity contribution < 1.29 is 4.79 Å². The van der Waals surface area contributed by atoms with Gasteiger partial charge in [0.2, 0.25) is 5.91 Å². The first-order chi connectivity index (χ1) is 5.57. The second-order valence-electron chi connectivity index (χ2n) is 2.77. The number of carbonyl (C=O) groups is 1. The second kappa shape index (κ2) is 8.53. The highest BCUT2D eigenvalue weighted by atomic mass is 16.1. The number of nitrogens with zero attached hydrogens (tertiary/aromatic N) is 1. The number of rotatable bonds is 4. The minimum absolute atomic E-state index is 0.00926. The molecule has 0 aromatic rings. The monoisotopic (exact) mass is 174 g/mol. The molecule has 0 aliphatic heterocycles. The zero-order valence-corrected chi connectivity index (χ0v) is 8.92. The highest BCUT2D eigenvalue weighted by Crippen LogP contribution is 2.01. The van der Waals surface area contributed by atoms with Crippen molar-refractivity contribution in [1.82, 2.24) is 4.90 Å². The fourth-order valence-corrected chi connectivity index (χ4v) is 0.861. The smallest absolute Gasteiger partial charge is 0.221 e. The Kier molecular flexibility index (Phi) is 9.93. The number of primary amides is 1. The summed E-state index contributed by atoms with van der Waals surface area (Å²) in [6.07, 6.45) is 0.827. The molecule has 74 valence electrons. The summed E-state index contributed by atoms with van der Waals surface area (Å²) in [5.74, 6) is -0.189. The largest absolute Gasteiger partial charge is 0.369 e. The molecule has 0 radical (unpaired) electrons. The van der Waals surface area contributed by atoms with Gasteiger partial charge in [0, 0.05) is 6.54 Å². The van der Waals surface area contributed by atoms with E-state index in [0.717, 1.165) is 13.0 Å². The van der Waals surface area contributed by atoms with E-state index in [0.29, 0.717) is 0 Å². The summed E-state index contributed by atoms with van der Waals surface area (Å²) in [7, 11) is 3.87. The van der Waals surface area contributed by atoms with Crippen LogP contribution in [0.25, 0.3) is 0 Å². The van der Waals surface area contributed by atoms with E-state index in [4.69, 9.17) is 5.73 Å². The molecule has 0 fully saturated rings. The third-order valence-corrected chi connectivity index (χ3v) is 1.48. The summed E-state index contributed by atoms with van der Waals surface area (Å²) in [6, 6.07) is 0. The van der Waals surface area contributed by atoms with Crippen molar-refractivity contribution in [3.63, 3.8) is 0 Å². The Labute approximate surface area is 75.9 Å². The lowest BCUT2D eigenvalue weighted by atomic mass is 10.1. The molecular formula is C9H22N2O. The van der Waals surface area contributed by atoms with Crippen LogP contribution in [0.2, 0.25) is 0 Å². The zero-order valence-electron chi connectivity index (χ0n) is 8.92. The van der Waals surface area contributed by atoms with E-state index in [2.05, 4.69) is 0 Å². The van der Waals surface area contributed by atoms with Crippen LogP contribution in [-0.2, 0) is 4.79 Å². The highest BCUT2D eigenvalue weighted by Gasteiger charge is 2.12. The van der Waals surface area contributed by atoms with Crippen LogP contribution < -0.4 is 5.73 Å². The number of hydrogen-bond acceptors (Lipinski definition) is 2. The molecule has 0 rings (SSSR count). The van der Waals surface area contributed by atoms with Gasteiger partial charge in [-0.1, -0.05) is 20.8 Å². The molecule has 1 amide bonds. The summed E-state index contributed by atoms with van der Waals surface area (Å²) >= 11 is 0.